The number of nitrogens with zero attached hydrogens (tertiary/aromatic N) is 1. The van der Waals surface area contributed by atoms with Gasteiger partial charge in [0.15, 0.2) is 0 Å². The van der Waals surface area contributed by atoms with Gasteiger partial charge in [-0.25, -0.2) is 0 Å². The maximum atomic E-state index is 6.19. The molecule has 0 aromatic carbocycles. The Hall–Kier alpha value is -0.120. The van der Waals surface area contributed by atoms with E-state index < -0.39 is 0 Å². The van der Waals surface area contributed by atoms with E-state index >= 15 is 0 Å². The van der Waals surface area contributed by atoms with E-state index in [1.807, 2.05) is 0 Å². The third-order valence-corrected chi connectivity index (χ3v) is 3.71. The summed E-state index contributed by atoms with van der Waals surface area (Å²) in [5.74, 6) is 0. The van der Waals surface area contributed by atoms with Crippen LogP contribution in [0.1, 0.15) is 54.4 Å². The molecule has 3 nitrogen and oxygen atoms in total. The molecule has 1 heterocycles. The van der Waals surface area contributed by atoms with Crippen molar-refractivity contribution in [1.82, 2.24) is 4.90 Å². The van der Waals surface area contributed by atoms with Gasteiger partial charge in [-0.15, -0.1) is 0 Å². The van der Waals surface area contributed by atoms with Crippen LogP contribution in [-0.4, -0.2) is 41.3 Å². The van der Waals surface area contributed by atoms with Crippen molar-refractivity contribution < 1.29 is 4.74 Å². The number of nitrogens with two attached hydrogens (primary N) is 1. The second-order valence-corrected chi connectivity index (χ2v) is 6.66. The molecule has 0 spiro atoms. The molecule has 0 amide bonds. The molecule has 1 atom stereocenters. The van der Waals surface area contributed by atoms with Crippen LogP contribution in [0.5, 0.6) is 0 Å². The predicted molar refractivity (Wildman–Crippen MR) is 73.2 cm³/mol. The van der Waals surface area contributed by atoms with Gasteiger partial charge in [0, 0.05) is 18.6 Å². The van der Waals surface area contributed by atoms with Crippen LogP contribution < -0.4 is 5.73 Å². The van der Waals surface area contributed by atoms with Gasteiger partial charge in [0.05, 0.1) is 11.2 Å². The number of hydrogen-bond acceptors (Lipinski definition) is 3. The molecular formula is C14H30N2O. The van der Waals surface area contributed by atoms with E-state index in [1.165, 1.54) is 0 Å². The summed E-state index contributed by atoms with van der Waals surface area (Å²) in [5.41, 5.74) is 5.56. The fourth-order valence-electron chi connectivity index (χ4n) is 3.10. The molecule has 3 heteroatoms. The molecule has 1 saturated heterocycles. The van der Waals surface area contributed by atoms with Crippen LogP contribution in [0.25, 0.3) is 0 Å². The minimum Gasteiger partial charge on any atom is -0.368 e. The lowest BCUT2D eigenvalue weighted by Crippen LogP contribution is -2.50. The molecule has 1 fully saturated rings. The highest BCUT2D eigenvalue weighted by Crippen LogP contribution is 2.40. The zero-order valence-electron chi connectivity index (χ0n) is 12.4. The van der Waals surface area contributed by atoms with Gasteiger partial charge in [-0.2, -0.15) is 0 Å². The van der Waals surface area contributed by atoms with E-state index in [4.69, 9.17) is 10.5 Å². The highest BCUT2D eigenvalue weighted by atomic mass is 16.5. The molecular weight excluding hydrogens is 212 g/mol. The predicted octanol–water partition coefficient (Wildman–Crippen LogP) is 2.39. The number of rotatable bonds is 5. The molecule has 1 unspecified atom stereocenters. The Labute approximate surface area is 107 Å². The minimum absolute atomic E-state index is 0.00990. The van der Waals surface area contributed by atoms with E-state index in [0.29, 0.717) is 12.1 Å². The van der Waals surface area contributed by atoms with Crippen LogP contribution >= 0.6 is 0 Å². The van der Waals surface area contributed by atoms with Crippen molar-refractivity contribution in [1.29, 1.82) is 0 Å². The van der Waals surface area contributed by atoms with Gasteiger partial charge >= 0.3 is 0 Å². The van der Waals surface area contributed by atoms with E-state index in [9.17, 15) is 0 Å². The maximum Gasteiger partial charge on any atom is 0.0789 e. The molecule has 2 N–H and O–H groups in total. The lowest BCUT2D eigenvalue weighted by atomic mass is 9.92. The third kappa shape index (κ3) is 3.67. The summed E-state index contributed by atoms with van der Waals surface area (Å²) in [6.45, 7) is 15.2. The summed E-state index contributed by atoms with van der Waals surface area (Å²) in [6.07, 6.45) is 2.16. The first-order valence-electron chi connectivity index (χ1n) is 6.85. The van der Waals surface area contributed by atoms with Crippen LogP contribution in [0.15, 0.2) is 0 Å². The highest BCUT2D eigenvalue weighted by Gasteiger charge is 2.48. The van der Waals surface area contributed by atoms with Crippen LogP contribution in [0, 0.1) is 0 Å². The highest BCUT2D eigenvalue weighted by molar-refractivity contribution is 5.00. The largest absolute Gasteiger partial charge is 0.368 e. The van der Waals surface area contributed by atoms with Crippen molar-refractivity contribution in [2.75, 3.05) is 13.1 Å². The average molecular weight is 242 g/mol. The van der Waals surface area contributed by atoms with Gasteiger partial charge in [-0.1, -0.05) is 0 Å². The fraction of sp³-hybridized carbons (Fsp3) is 1.00. The molecule has 0 aromatic rings. The Morgan fingerprint density at radius 2 is 1.88 bits per heavy atom. The topological polar surface area (TPSA) is 38.5 Å². The summed E-state index contributed by atoms with van der Waals surface area (Å²) in [5, 5.41) is 0. The smallest absolute Gasteiger partial charge is 0.0789 e. The first-order valence-corrected chi connectivity index (χ1v) is 6.85. The van der Waals surface area contributed by atoms with Crippen molar-refractivity contribution in [2.24, 2.45) is 5.73 Å². The number of hydrogen-bond donors (Lipinski definition) is 1. The quantitative estimate of drug-likeness (QED) is 0.804. The maximum absolute atomic E-state index is 6.19. The summed E-state index contributed by atoms with van der Waals surface area (Å²) >= 11 is 0. The van der Waals surface area contributed by atoms with Gasteiger partial charge in [0.1, 0.15) is 0 Å². The monoisotopic (exact) mass is 242 g/mol. The normalized spacial score (nSPS) is 27.0. The molecule has 0 aromatic heterocycles. The second-order valence-electron chi connectivity index (χ2n) is 6.66. The molecule has 0 bridgehead atoms. The van der Waals surface area contributed by atoms with Crippen molar-refractivity contribution in [3.8, 4) is 0 Å². The minimum atomic E-state index is -0.0671. The van der Waals surface area contributed by atoms with Gasteiger partial charge in [0.2, 0.25) is 0 Å². The molecule has 1 rings (SSSR count). The van der Waals surface area contributed by atoms with Crippen LogP contribution in [0.4, 0.5) is 0 Å². The van der Waals surface area contributed by atoms with E-state index in [1.54, 1.807) is 0 Å². The average Bonchev–Trinajstić information content (AvgIpc) is 2.35. The van der Waals surface area contributed by atoms with Crippen molar-refractivity contribution >= 4 is 0 Å². The number of ether oxygens (including phenoxy) is 1. The Kier molecular flexibility index (Phi) is 4.61. The van der Waals surface area contributed by atoms with Crippen molar-refractivity contribution in [2.45, 2.75) is 77.7 Å². The van der Waals surface area contributed by atoms with Gasteiger partial charge in [-0.3, -0.25) is 4.90 Å². The zero-order valence-corrected chi connectivity index (χ0v) is 12.4. The first kappa shape index (κ1) is 14.9. The van der Waals surface area contributed by atoms with E-state index in [-0.39, 0.29) is 11.2 Å². The Balaban J connectivity index is 2.80. The first-order chi connectivity index (χ1) is 7.69. The Morgan fingerprint density at radius 1 is 1.29 bits per heavy atom. The molecule has 1 aliphatic rings. The molecule has 0 aliphatic carbocycles. The summed E-state index contributed by atoms with van der Waals surface area (Å²) < 4.78 is 6.19. The lowest BCUT2D eigenvalue weighted by Gasteiger charge is -2.39. The van der Waals surface area contributed by atoms with Crippen LogP contribution in [0.2, 0.25) is 0 Å². The molecule has 102 valence electrons. The van der Waals surface area contributed by atoms with Gasteiger partial charge in [0.25, 0.3) is 0 Å². The molecule has 0 saturated carbocycles. The third-order valence-electron chi connectivity index (χ3n) is 3.71. The van der Waals surface area contributed by atoms with E-state index in [2.05, 4.69) is 46.4 Å². The Bertz CT molecular complexity index is 249. The molecule has 17 heavy (non-hydrogen) atoms. The van der Waals surface area contributed by atoms with Gasteiger partial charge < -0.3 is 10.5 Å². The Morgan fingerprint density at radius 3 is 2.24 bits per heavy atom. The fourth-order valence-corrected chi connectivity index (χ4v) is 3.10. The van der Waals surface area contributed by atoms with Crippen LogP contribution in [-0.2, 0) is 4.74 Å². The summed E-state index contributed by atoms with van der Waals surface area (Å²) in [4.78, 5) is 2.56. The summed E-state index contributed by atoms with van der Waals surface area (Å²) in [7, 11) is 0. The van der Waals surface area contributed by atoms with Crippen LogP contribution in [0.3, 0.4) is 0 Å². The zero-order chi connectivity index (χ0) is 13.3. The van der Waals surface area contributed by atoms with E-state index in [0.717, 1.165) is 25.9 Å². The van der Waals surface area contributed by atoms with Crippen molar-refractivity contribution in [3.05, 3.63) is 0 Å². The lowest BCUT2D eigenvalue weighted by molar-refractivity contribution is -0.0831. The van der Waals surface area contributed by atoms with Gasteiger partial charge in [-0.05, 0) is 60.9 Å². The standard InChI is InChI=1S/C14H30N2O/c1-11(2)16(9-7-8-15)12-10-13(3,4)17-14(12,5)6/h11-12H,7-10,15H2,1-6H3. The van der Waals surface area contributed by atoms with Crippen molar-refractivity contribution in [3.63, 3.8) is 0 Å². The summed E-state index contributed by atoms with van der Waals surface area (Å²) in [6, 6.07) is 1.03. The second kappa shape index (κ2) is 5.25. The SMILES string of the molecule is CC(C)N(CCCN)C1CC(C)(C)OC1(C)C. The molecule has 0 radical (unpaired) electrons. The molecule has 1 aliphatic heterocycles.